The second-order valence-electron chi connectivity index (χ2n) is 9.06. The average molecular weight is 448 g/mol. The van der Waals surface area contributed by atoms with Gasteiger partial charge in [0.15, 0.2) is 11.6 Å². The maximum Gasteiger partial charge on any atom is 0.459 e. The molecule has 31 heavy (non-hydrogen) atoms. The van der Waals surface area contributed by atoms with Gasteiger partial charge < -0.3 is 4.74 Å². The van der Waals surface area contributed by atoms with Crippen LogP contribution in [0.25, 0.3) is 0 Å². The summed E-state index contributed by atoms with van der Waals surface area (Å²) >= 11 is 0. The van der Waals surface area contributed by atoms with Crippen LogP contribution in [0.5, 0.6) is 5.75 Å². The van der Waals surface area contributed by atoms with E-state index in [2.05, 4.69) is 11.7 Å². The average Bonchev–Trinajstić information content (AvgIpc) is 2.75. The number of hydrogen-bond acceptors (Lipinski definition) is 1. The standard InChI is InChI=1S/C24H30F6O/c1-2-3-15-4-6-16(7-5-15)17-8-10-18(11-9-17)19-12-13-21(20(25)14-19)31-24(29,30)22(26)23(27)28/h12-18H,2-11H2,1H3. The van der Waals surface area contributed by atoms with Crippen molar-refractivity contribution in [2.45, 2.75) is 83.2 Å². The smallest absolute Gasteiger partial charge is 0.424 e. The van der Waals surface area contributed by atoms with Crippen molar-refractivity contribution in [3.63, 3.8) is 0 Å². The van der Waals surface area contributed by atoms with Gasteiger partial charge in [-0.15, -0.1) is 0 Å². The van der Waals surface area contributed by atoms with E-state index in [9.17, 15) is 26.3 Å². The van der Waals surface area contributed by atoms with Crippen LogP contribution in [0.3, 0.4) is 0 Å². The lowest BCUT2D eigenvalue weighted by atomic mass is 9.68. The summed E-state index contributed by atoms with van der Waals surface area (Å²) in [7, 11) is 0. The molecule has 0 aromatic heterocycles. The van der Waals surface area contributed by atoms with Gasteiger partial charge in [-0.2, -0.15) is 22.0 Å². The monoisotopic (exact) mass is 448 g/mol. The van der Waals surface area contributed by atoms with Gasteiger partial charge in [-0.3, -0.25) is 0 Å². The molecule has 2 fully saturated rings. The topological polar surface area (TPSA) is 9.23 Å². The Bertz CT molecular complexity index is 757. The minimum atomic E-state index is -4.92. The summed E-state index contributed by atoms with van der Waals surface area (Å²) in [5.41, 5.74) is 0.672. The molecule has 0 atom stereocenters. The van der Waals surface area contributed by atoms with Crippen molar-refractivity contribution in [2.75, 3.05) is 0 Å². The summed E-state index contributed by atoms with van der Waals surface area (Å²) in [5, 5.41) is 0. The summed E-state index contributed by atoms with van der Waals surface area (Å²) < 4.78 is 82.0. The molecule has 0 bridgehead atoms. The van der Waals surface area contributed by atoms with Crippen LogP contribution < -0.4 is 4.74 Å². The predicted molar refractivity (Wildman–Crippen MR) is 107 cm³/mol. The Morgan fingerprint density at radius 1 is 0.935 bits per heavy atom. The molecule has 2 aliphatic rings. The number of rotatable bonds is 7. The molecule has 1 aromatic rings. The van der Waals surface area contributed by atoms with E-state index in [1.54, 1.807) is 0 Å². The summed E-state index contributed by atoms with van der Waals surface area (Å²) in [6.07, 6.45) is 3.61. The quantitative estimate of drug-likeness (QED) is 0.379. The fourth-order valence-electron chi connectivity index (χ4n) is 5.43. The van der Waals surface area contributed by atoms with E-state index in [1.165, 1.54) is 44.6 Å². The highest BCUT2D eigenvalue weighted by Crippen LogP contribution is 2.45. The molecule has 3 rings (SSSR count). The van der Waals surface area contributed by atoms with Crippen LogP contribution in [0.4, 0.5) is 26.3 Å². The molecule has 0 spiro atoms. The molecule has 0 unspecified atom stereocenters. The zero-order valence-corrected chi connectivity index (χ0v) is 17.8. The normalized spacial score (nSPS) is 27.1. The Morgan fingerprint density at radius 2 is 1.52 bits per heavy atom. The van der Waals surface area contributed by atoms with Gasteiger partial charge in [-0.25, -0.2) is 4.39 Å². The fourth-order valence-corrected chi connectivity index (χ4v) is 5.43. The molecule has 1 nitrogen and oxygen atoms in total. The van der Waals surface area contributed by atoms with Gasteiger partial charge in [-0.05, 0) is 79.9 Å². The van der Waals surface area contributed by atoms with Crippen molar-refractivity contribution in [1.29, 1.82) is 0 Å². The molecule has 2 saturated carbocycles. The van der Waals surface area contributed by atoms with Crippen LogP contribution in [0, 0.1) is 23.6 Å². The van der Waals surface area contributed by atoms with E-state index >= 15 is 0 Å². The number of alkyl halides is 2. The molecule has 0 saturated heterocycles. The maximum absolute atomic E-state index is 14.3. The van der Waals surface area contributed by atoms with Gasteiger partial charge in [0, 0.05) is 0 Å². The van der Waals surface area contributed by atoms with Crippen LogP contribution in [0.1, 0.15) is 82.6 Å². The van der Waals surface area contributed by atoms with Crippen LogP contribution in [0.2, 0.25) is 0 Å². The molecule has 0 heterocycles. The lowest BCUT2D eigenvalue weighted by molar-refractivity contribution is -0.161. The first-order valence-corrected chi connectivity index (χ1v) is 11.3. The van der Waals surface area contributed by atoms with Crippen LogP contribution >= 0.6 is 0 Å². The third-order valence-electron chi connectivity index (χ3n) is 7.11. The molecular weight excluding hydrogens is 418 g/mol. The molecule has 0 amide bonds. The SMILES string of the molecule is CCCC1CCC(C2CCC(c3ccc(OC(F)(F)C(F)=C(F)F)c(F)c3)CC2)CC1. The van der Waals surface area contributed by atoms with Crippen LogP contribution in [0.15, 0.2) is 30.1 Å². The Balaban J connectivity index is 1.55. The van der Waals surface area contributed by atoms with Crippen LogP contribution in [-0.2, 0) is 0 Å². The molecule has 7 heteroatoms. The Labute approximate surface area is 179 Å². The highest BCUT2D eigenvalue weighted by Gasteiger charge is 2.43. The lowest BCUT2D eigenvalue weighted by Crippen LogP contribution is -2.27. The van der Waals surface area contributed by atoms with Crippen molar-refractivity contribution in [3.8, 4) is 5.75 Å². The second kappa shape index (κ2) is 10.3. The first-order chi connectivity index (χ1) is 14.7. The number of ether oxygens (including phenoxy) is 1. The van der Waals surface area contributed by atoms with E-state index < -0.39 is 29.6 Å². The molecule has 0 radical (unpaired) electrons. The lowest BCUT2D eigenvalue weighted by Gasteiger charge is -2.38. The summed E-state index contributed by atoms with van der Waals surface area (Å²) in [4.78, 5) is 0. The number of hydrogen-bond donors (Lipinski definition) is 0. The molecule has 174 valence electrons. The zero-order valence-electron chi connectivity index (χ0n) is 17.8. The van der Waals surface area contributed by atoms with E-state index in [4.69, 9.17) is 0 Å². The predicted octanol–water partition coefficient (Wildman–Crippen LogP) is 8.76. The van der Waals surface area contributed by atoms with Gasteiger partial charge in [0.25, 0.3) is 5.83 Å². The van der Waals surface area contributed by atoms with Gasteiger partial charge in [0.2, 0.25) is 0 Å². The second-order valence-corrected chi connectivity index (χ2v) is 9.06. The fraction of sp³-hybridized carbons (Fsp3) is 0.667. The number of benzene rings is 1. The first-order valence-electron chi connectivity index (χ1n) is 11.3. The van der Waals surface area contributed by atoms with Gasteiger partial charge in [-0.1, -0.05) is 38.7 Å². The van der Waals surface area contributed by atoms with Crippen molar-refractivity contribution in [3.05, 3.63) is 41.5 Å². The van der Waals surface area contributed by atoms with E-state index in [0.717, 1.165) is 49.7 Å². The first kappa shape index (κ1) is 24.0. The van der Waals surface area contributed by atoms with Gasteiger partial charge in [0.05, 0.1) is 0 Å². The third-order valence-corrected chi connectivity index (χ3v) is 7.11. The molecule has 2 aliphatic carbocycles. The number of halogens is 6. The Morgan fingerprint density at radius 3 is 2.03 bits per heavy atom. The summed E-state index contributed by atoms with van der Waals surface area (Å²) in [6.45, 7) is 2.24. The third kappa shape index (κ3) is 5.98. The minimum absolute atomic E-state index is 0.122. The minimum Gasteiger partial charge on any atom is -0.424 e. The van der Waals surface area contributed by atoms with Crippen molar-refractivity contribution in [2.24, 2.45) is 17.8 Å². The molecular formula is C24H30F6O. The van der Waals surface area contributed by atoms with Crippen molar-refractivity contribution >= 4 is 0 Å². The van der Waals surface area contributed by atoms with Crippen molar-refractivity contribution in [1.82, 2.24) is 0 Å². The Hall–Kier alpha value is -1.66. The van der Waals surface area contributed by atoms with Crippen molar-refractivity contribution < 1.29 is 31.1 Å². The Kier molecular flexibility index (Phi) is 7.98. The molecule has 1 aromatic carbocycles. The largest absolute Gasteiger partial charge is 0.459 e. The van der Waals surface area contributed by atoms with E-state index in [1.807, 2.05) is 0 Å². The highest BCUT2D eigenvalue weighted by atomic mass is 19.3. The van der Waals surface area contributed by atoms with Gasteiger partial charge in [0.1, 0.15) is 0 Å². The van der Waals surface area contributed by atoms with E-state index in [0.29, 0.717) is 11.5 Å². The highest BCUT2D eigenvalue weighted by molar-refractivity contribution is 5.32. The molecule has 0 aliphatic heterocycles. The van der Waals surface area contributed by atoms with Gasteiger partial charge >= 0.3 is 12.2 Å². The van der Waals surface area contributed by atoms with E-state index in [-0.39, 0.29) is 5.92 Å². The molecule has 0 N–H and O–H groups in total. The maximum atomic E-state index is 14.3. The zero-order chi connectivity index (χ0) is 22.6. The summed E-state index contributed by atoms with van der Waals surface area (Å²) in [6, 6.07) is 3.52. The van der Waals surface area contributed by atoms with Crippen LogP contribution in [-0.4, -0.2) is 6.11 Å². The summed E-state index contributed by atoms with van der Waals surface area (Å²) in [5.74, 6) is -2.63.